The van der Waals surface area contributed by atoms with Gasteiger partial charge in [-0.3, -0.25) is 14.6 Å². The number of ether oxygens (including phenoxy) is 1. The average molecular weight is 450 g/mol. The Labute approximate surface area is 191 Å². The van der Waals surface area contributed by atoms with Gasteiger partial charge in [-0.2, -0.15) is 0 Å². The number of Topliss-reactive ketones (excluding diaryl/α,β-unsaturated/α-hetero) is 1. The van der Waals surface area contributed by atoms with E-state index in [1.165, 1.54) is 0 Å². The third-order valence-corrected chi connectivity index (χ3v) is 6.68. The number of aromatic nitrogens is 2. The van der Waals surface area contributed by atoms with Gasteiger partial charge < -0.3 is 10.1 Å². The molecule has 1 aliphatic heterocycles. The zero-order valence-electron chi connectivity index (χ0n) is 17.6. The molecule has 0 bridgehead atoms. The van der Waals surface area contributed by atoms with Crippen molar-refractivity contribution in [1.29, 1.82) is 0 Å². The number of rotatable bonds is 5. The van der Waals surface area contributed by atoms with Crippen molar-refractivity contribution in [2.75, 3.05) is 0 Å². The molecule has 164 valence electrons. The Hall–Kier alpha value is -2.99. The first kappa shape index (κ1) is 20.9. The van der Waals surface area contributed by atoms with Gasteiger partial charge in [-0.25, -0.2) is 4.98 Å². The minimum absolute atomic E-state index is 0.0683. The maximum atomic E-state index is 12.8. The van der Waals surface area contributed by atoms with E-state index in [1.807, 2.05) is 24.3 Å². The molecule has 32 heavy (non-hydrogen) atoms. The van der Waals surface area contributed by atoms with E-state index in [0.29, 0.717) is 35.2 Å². The summed E-state index contributed by atoms with van der Waals surface area (Å²) in [5.41, 5.74) is 2.30. The first-order chi connectivity index (χ1) is 15.5. The normalized spacial score (nSPS) is 22.2. The molecule has 1 aromatic carbocycles. The maximum absolute atomic E-state index is 12.8. The van der Waals surface area contributed by atoms with Gasteiger partial charge in [-0.05, 0) is 61.9 Å². The summed E-state index contributed by atoms with van der Waals surface area (Å²) in [7, 11) is 0. The van der Waals surface area contributed by atoms with Gasteiger partial charge in [0.1, 0.15) is 11.4 Å². The Bertz CT molecular complexity index is 1150. The first-order valence-corrected chi connectivity index (χ1v) is 11.4. The highest BCUT2D eigenvalue weighted by Crippen LogP contribution is 2.30. The van der Waals surface area contributed by atoms with Gasteiger partial charge in [0.25, 0.3) is 5.91 Å². The van der Waals surface area contributed by atoms with Crippen molar-refractivity contribution < 1.29 is 14.3 Å². The van der Waals surface area contributed by atoms with Crippen LogP contribution in [0.3, 0.4) is 0 Å². The summed E-state index contributed by atoms with van der Waals surface area (Å²) < 4.78 is 5.74. The van der Waals surface area contributed by atoms with Crippen molar-refractivity contribution in [2.24, 2.45) is 5.92 Å². The summed E-state index contributed by atoms with van der Waals surface area (Å²) in [4.78, 5) is 34.0. The van der Waals surface area contributed by atoms with Crippen LogP contribution in [0.5, 0.6) is 5.75 Å². The first-order valence-electron chi connectivity index (χ1n) is 11.0. The van der Waals surface area contributed by atoms with Gasteiger partial charge >= 0.3 is 0 Å². The van der Waals surface area contributed by atoms with Crippen LogP contribution in [0.25, 0.3) is 10.9 Å². The van der Waals surface area contributed by atoms with Crippen LogP contribution in [0.4, 0.5) is 0 Å². The van der Waals surface area contributed by atoms with Crippen LogP contribution in [-0.4, -0.2) is 33.8 Å². The highest BCUT2D eigenvalue weighted by molar-refractivity contribution is 6.31. The Morgan fingerprint density at radius 2 is 1.94 bits per heavy atom. The van der Waals surface area contributed by atoms with E-state index < -0.39 is 6.10 Å². The second kappa shape index (κ2) is 8.87. The molecule has 0 spiro atoms. The van der Waals surface area contributed by atoms with Crippen molar-refractivity contribution in [2.45, 2.75) is 50.7 Å². The fourth-order valence-corrected chi connectivity index (χ4v) is 4.83. The number of amides is 1. The Morgan fingerprint density at radius 1 is 1.09 bits per heavy atom. The lowest BCUT2D eigenvalue weighted by Gasteiger charge is -2.29. The third kappa shape index (κ3) is 4.46. The van der Waals surface area contributed by atoms with Gasteiger partial charge in [-0.1, -0.05) is 17.7 Å². The maximum Gasteiger partial charge on any atom is 0.261 e. The minimum Gasteiger partial charge on any atom is -0.478 e. The number of hydrogen-bond acceptors (Lipinski definition) is 5. The molecule has 2 aromatic heterocycles. The molecular weight excluding hydrogens is 426 g/mol. The lowest BCUT2D eigenvalue weighted by atomic mass is 9.82. The standard InChI is InChI=1S/C25H24ClN3O3/c26-18-4-8-20-16(12-18)3-7-21(29-20)22(30)11-15-1-5-19(6-2-15)28-25(31)23-13-17-9-10-27-14-24(17)32-23/h3-4,7-10,12,14-15,19,23H,1-2,5-6,11,13H2,(H,28,31). The number of pyridine rings is 2. The molecule has 7 heteroatoms. The number of benzene rings is 1. The Balaban J connectivity index is 1.11. The zero-order chi connectivity index (χ0) is 22.1. The number of halogens is 1. The average Bonchev–Trinajstić information content (AvgIpc) is 3.24. The fourth-order valence-electron chi connectivity index (χ4n) is 4.65. The SMILES string of the molecule is O=C(CC1CCC(NC(=O)C2Cc3ccncc3O2)CC1)c1ccc2cc(Cl)ccc2n1. The highest BCUT2D eigenvalue weighted by Gasteiger charge is 2.32. The van der Waals surface area contributed by atoms with Crippen LogP contribution < -0.4 is 10.1 Å². The third-order valence-electron chi connectivity index (χ3n) is 6.44. The minimum atomic E-state index is -0.484. The van der Waals surface area contributed by atoms with Crippen LogP contribution in [0.2, 0.25) is 5.02 Å². The second-order valence-corrected chi connectivity index (χ2v) is 9.12. The Morgan fingerprint density at radius 3 is 2.75 bits per heavy atom. The predicted molar refractivity (Wildman–Crippen MR) is 122 cm³/mol. The summed E-state index contributed by atoms with van der Waals surface area (Å²) in [5, 5.41) is 4.72. The molecule has 0 radical (unpaired) electrons. The summed E-state index contributed by atoms with van der Waals surface area (Å²) in [5.74, 6) is 1.01. The molecule has 3 heterocycles. The van der Waals surface area contributed by atoms with Crippen molar-refractivity contribution in [3.8, 4) is 5.75 Å². The van der Waals surface area contributed by atoms with Crippen LogP contribution in [-0.2, 0) is 11.2 Å². The summed E-state index contributed by atoms with van der Waals surface area (Å²) in [6, 6.07) is 11.2. The number of nitrogens with one attached hydrogen (secondary N) is 1. The molecule has 1 aliphatic carbocycles. The number of carbonyl (C=O) groups is 2. The van der Waals surface area contributed by atoms with Gasteiger partial charge in [-0.15, -0.1) is 0 Å². The van der Waals surface area contributed by atoms with Gasteiger partial charge in [0, 0.05) is 41.1 Å². The van der Waals surface area contributed by atoms with E-state index in [0.717, 1.165) is 42.1 Å². The van der Waals surface area contributed by atoms with Crippen molar-refractivity contribution in [3.05, 3.63) is 65.1 Å². The monoisotopic (exact) mass is 449 g/mol. The van der Waals surface area contributed by atoms with Crippen molar-refractivity contribution >= 4 is 34.2 Å². The number of nitrogens with zero attached hydrogens (tertiary/aromatic N) is 2. The van der Waals surface area contributed by atoms with Gasteiger partial charge in [0.15, 0.2) is 11.9 Å². The van der Waals surface area contributed by atoms with E-state index in [4.69, 9.17) is 16.3 Å². The summed E-state index contributed by atoms with van der Waals surface area (Å²) >= 11 is 6.02. The molecule has 0 saturated heterocycles. The predicted octanol–water partition coefficient (Wildman–Crippen LogP) is 4.53. The molecule has 2 aliphatic rings. The van der Waals surface area contributed by atoms with E-state index in [1.54, 1.807) is 24.5 Å². The van der Waals surface area contributed by atoms with Crippen LogP contribution >= 0.6 is 11.6 Å². The van der Waals surface area contributed by atoms with Crippen LogP contribution in [0.15, 0.2) is 48.8 Å². The van der Waals surface area contributed by atoms with E-state index in [9.17, 15) is 9.59 Å². The number of fused-ring (bicyclic) bond motifs is 2. The van der Waals surface area contributed by atoms with Gasteiger partial charge in [0.2, 0.25) is 0 Å². The molecule has 3 aromatic rings. The molecule has 1 amide bonds. The topological polar surface area (TPSA) is 81.2 Å². The molecular formula is C25H24ClN3O3. The fraction of sp³-hybridized carbons (Fsp3) is 0.360. The summed E-state index contributed by atoms with van der Waals surface area (Å²) in [6.45, 7) is 0. The number of carbonyl (C=O) groups excluding carboxylic acids is 2. The van der Waals surface area contributed by atoms with Crippen LogP contribution in [0.1, 0.15) is 48.2 Å². The quantitative estimate of drug-likeness (QED) is 0.578. The van der Waals surface area contributed by atoms with Crippen molar-refractivity contribution in [3.63, 3.8) is 0 Å². The smallest absolute Gasteiger partial charge is 0.261 e. The highest BCUT2D eigenvalue weighted by atomic mass is 35.5. The van der Waals surface area contributed by atoms with E-state index in [2.05, 4.69) is 15.3 Å². The van der Waals surface area contributed by atoms with Crippen molar-refractivity contribution in [1.82, 2.24) is 15.3 Å². The number of ketones is 1. The molecule has 1 fully saturated rings. The number of hydrogen-bond donors (Lipinski definition) is 1. The molecule has 1 saturated carbocycles. The zero-order valence-corrected chi connectivity index (χ0v) is 18.3. The largest absolute Gasteiger partial charge is 0.478 e. The van der Waals surface area contributed by atoms with E-state index >= 15 is 0 Å². The van der Waals surface area contributed by atoms with Gasteiger partial charge in [0.05, 0.1) is 11.7 Å². The second-order valence-electron chi connectivity index (χ2n) is 8.68. The summed E-state index contributed by atoms with van der Waals surface area (Å²) in [6.07, 6.45) is 7.52. The lowest BCUT2D eigenvalue weighted by molar-refractivity contribution is -0.128. The molecule has 1 atom stereocenters. The molecule has 5 rings (SSSR count). The van der Waals surface area contributed by atoms with E-state index in [-0.39, 0.29) is 17.7 Å². The molecule has 6 nitrogen and oxygen atoms in total. The Kier molecular flexibility index (Phi) is 5.79. The van der Waals surface area contributed by atoms with Crippen LogP contribution in [0, 0.1) is 5.92 Å². The molecule has 1 N–H and O–H groups in total. The molecule has 1 unspecified atom stereocenters. The lowest BCUT2D eigenvalue weighted by Crippen LogP contribution is -2.44.